The highest BCUT2D eigenvalue weighted by Crippen LogP contribution is 2.21. The zero-order chi connectivity index (χ0) is 13.0. The van der Waals surface area contributed by atoms with Crippen molar-refractivity contribution in [2.24, 2.45) is 0 Å². The van der Waals surface area contributed by atoms with E-state index in [0.29, 0.717) is 18.2 Å². The van der Waals surface area contributed by atoms with E-state index in [1.54, 1.807) is 12.1 Å². The third-order valence-corrected chi connectivity index (χ3v) is 3.62. The van der Waals surface area contributed by atoms with Crippen LogP contribution in [0.4, 0.5) is 0 Å². The number of piperidine rings is 1. The molecule has 1 aliphatic rings. The Labute approximate surface area is 115 Å². The van der Waals surface area contributed by atoms with Crippen LogP contribution in [0, 0.1) is 0 Å². The number of aromatic hydroxyl groups is 1. The van der Waals surface area contributed by atoms with E-state index in [0.717, 1.165) is 17.4 Å². The maximum Gasteiger partial charge on any atom is 0.255 e. The van der Waals surface area contributed by atoms with Crippen LogP contribution >= 0.6 is 15.9 Å². The van der Waals surface area contributed by atoms with Crippen molar-refractivity contribution in [3.63, 3.8) is 0 Å². The molecular weight excluding hydrogens is 296 g/mol. The molecule has 0 bridgehead atoms. The standard InChI is InChI=1S/C13H17BrN2O2/c14-9-4-5-12(17)11(7-9)13(18)16-8-10-3-1-2-6-15-10/h4-5,7,10,15,17H,1-3,6,8H2,(H,16,18). The van der Waals surface area contributed by atoms with Gasteiger partial charge in [-0.25, -0.2) is 0 Å². The topological polar surface area (TPSA) is 61.4 Å². The maximum absolute atomic E-state index is 11.9. The van der Waals surface area contributed by atoms with Gasteiger partial charge in [0.2, 0.25) is 0 Å². The summed E-state index contributed by atoms with van der Waals surface area (Å²) in [4.78, 5) is 11.9. The number of phenolic OH excluding ortho intramolecular Hbond substituents is 1. The van der Waals surface area contributed by atoms with Gasteiger partial charge in [-0.05, 0) is 37.6 Å². The molecule has 5 heteroatoms. The average Bonchev–Trinajstić information content (AvgIpc) is 2.40. The Morgan fingerprint density at radius 3 is 3.06 bits per heavy atom. The van der Waals surface area contributed by atoms with Gasteiger partial charge in [0.05, 0.1) is 5.56 Å². The van der Waals surface area contributed by atoms with Crippen molar-refractivity contribution in [2.45, 2.75) is 25.3 Å². The molecule has 1 saturated heterocycles. The quantitative estimate of drug-likeness (QED) is 0.800. The van der Waals surface area contributed by atoms with Gasteiger partial charge in [0, 0.05) is 17.1 Å². The number of hydrogen-bond donors (Lipinski definition) is 3. The number of carbonyl (C=O) groups excluding carboxylic acids is 1. The van der Waals surface area contributed by atoms with Crippen LogP contribution in [0.25, 0.3) is 0 Å². The normalized spacial score (nSPS) is 19.5. The third-order valence-electron chi connectivity index (χ3n) is 3.12. The molecule has 1 aromatic rings. The van der Waals surface area contributed by atoms with Gasteiger partial charge < -0.3 is 15.7 Å². The van der Waals surface area contributed by atoms with Crippen LogP contribution in [-0.2, 0) is 0 Å². The fourth-order valence-corrected chi connectivity index (χ4v) is 2.46. The van der Waals surface area contributed by atoms with E-state index < -0.39 is 0 Å². The molecular formula is C13H17BrN2O2. The number of carbonyl (C=O) groups is 1. The lowest BCUT2D eigenvalue weighted by Gasteiger charge is -2.23. The summed E-state index contributed by atoms with van der Waals surface area (Å²) in [5.41, 5.74) is 0.306. The summed E-state index contributed by atoms with van der Waals surface area (Å²) in [7, 11) is 0. The van der Waals surface area contributed by atoms with Gasteiger partial charge in [-0.15, -0.1) is 0 Å². The second-order valence-electron chi connectivity index (χ2n) is 4.52. The number of hydrogen-bond acceptors (Lipinski definition) is 3. The zero-order valence-electron chi connectivity index (χ0n) is 10.1. The predicted molar refractivity (Wildman–Crippen MR) is 73.8 cm³/mol. The summed E-state index contributed by atoms with van der Waals surface area (Å²) in [5.74, 6) is -0.228. The Balaban J connectivity index is 1.92. The monoisotopic (exact) mass is 312 g/mol. The van der Waals surface area contributed by atoms with E-state index in [2.05, 4.69) is 26.6 Å². The molecule has 0 aromatic heterocycles. The molecule has 1 aromatic carbocycles. The smallest absolute Gasteiger partial charge is 0.255 e. The molecule has 0 aliphatic carbocycles. The highest BCUT2D eigenvalue weighted by molar-refractivity contribution is 9.10. The number of amides is 1. The van der Waals surface area contributed by atoms with Crippen LogP contribution < -0.4 is 10.6 Å². The minimum absolute atomic E-state index is 0.00676. The Bertz CT molecular complexity index is 431. The van der Waals surface area contributed by atoms with Gasteiger partial charge in [0.25, 0.3) is 5.91 Å². The molecule has 1 aliphatic heterocycles. The summed E-state index contributed by atoms with van der Waals surface area (Å²) in [5, 5.41) is 15.9. The zero-order valence-corrected chi connectivity index (χ0v) is 11.7. The molecule has 0 radical (unpaired) electrons. The summed E-state index contributed by atoms with van der Waals surface area (Å²) in [6.45, 7) is 1.62. The van der Waals surface area contributed by atoms with Crippen molar-refractivity contribution >= 4 is 21.8 Å². The Morgan fingerprint density at radius 2 is 2.33 bits per heavy atom. The Hall–Kier alpha value is -1.07. The molecule has 1 heterocycles. The molecule has 0 spiro atoms. The van der Waals surface area contributed by atoms with E-state index in [1.165, 1.54) is 18.9 Å². The Kier molecular flexibility index (Phi) is 4.60. The maximum atomic E-state index is 11.9. The van der Waals surface area contributed by atoms with Gasteiger partial charge >= 0.3 is 0 Å². The van der Waals surface area contributed by atoms with Gasteiger partial charge in [-0.3, -0.25) is 4.79 Å². The number of nitrogens with one attached hydrogen (secondary N) is 2. The van der Waals surface area contributed by atoms with Crippen LogP contribution in [-0.4, -0.2) is 30.1 Å². The van der Waals surface area contributed by atoms with E-state index in [-0.39, 0.29) is 11.7 Å². The molecule has 98 valence electrons. The third kappa shape index (κ3) is 3.46. The van der Waals surface area contributed by atoms with Crippen molar-refractivity contribution in [2.75, 3.05) is 13.1 Å². The van der Waals surface area contributed by atoms with Crippen LogP contribution in [0.5, 0.6) is 5.75 Å². The van der Waals surface area contributed by atoms with Crippen LogP contribution in [0.1, 0.15) is 29.6 Å². The average molecular weight is 313 g/mol. The summed E-state index contributed by atoms with van der Waals surface area (Å²) < 4.78 is 0.779. The van der Waals surface area contributed by atoms with E-state index in [9.17, 15) is 9.90 Å². The highest BCUT2D eigenvalue weighted by atomic mass is 79.9. The second kappa shape index (κ2) is 6.20. The molecule has 0 saturated carbocycles. The first-order chi connectivity index (χ1) is 8.66. The van der Waals surface area contributed by atoms with Crippen molar-refractivity contribution in [1.82, 2.24) is 10.6 Å². The lowest BCUT2D eigenvalue weighted by atomic mass is 10.0. The lowest BCUT2D eigenvalue weighted by molar-refractivity contribution is 0.0945. The minimum Gasteiger partial charge on any atom is -0.507 e. The minimum atomic E-state index is -0.235. The second-order valence-corrected chi connectivity index (χ2v) is 5.43. The van der Waals surface area contributed by atoms with E-state index in [4.69, 9.17) is 0 Å². The molecule has 1 fully saturated rings. The van der Waals surface area contributed by atoms with Crippen molar-refractivity contribution < 1.29 is 9.90 Å². The van der Waals surface area contributed by atoms with E-state index >= 15 is 0 Å². The van der Waals surface area contributed by atoms with Gasteiger partial charge in [-0.2, -0.15) is 0 Å². The van der Waals surface area contributed by atoms with Crippen molar-refractivity contribution in [1.29, 1.82) is 0 Å². The molecule has 1 unspecified atom stereocenters. The fourth-order valence-electron chi connectivity index (χ4n) is 2.10. The van der Waals surface area contributed by atoms with Gasteiger partial charge in [0.15, 0.2) is 0 Å². The largest absolute Gasteiger partial charge is 0.507 e. The highest BCUT2D eigenvalue weighted by Gasteiger charge is 2.16. The first-order valence-corrected chi connectivity index (χ1v) is 6.96. The first-order valence-electron chi connectivity index (χ1n) is 6.17. The van der Waals surface area contributed by atoms with Crippen molar-refractivity contribution in [3.05, 3.63) is 28.2 Å². The van der Waals surface area contributed by atoms with Gasteiger partial charge in [-0.1, -0.05) is 22.4 Å². The molecule has 3 N–H and O–H groups in total. The molecule has 4 nitrogen and oxygen atoms in total. The van der Waals surface area contributed by atoms with E-state index in [1.807, 2.05) is 0 Å². The summed E-state index contributed by atoms with van der Waals surface area (Å²) in [6, 6.07) is 5.18. The number of benzene rings is 1. The molecule has 2 rings (SSSR count). The molecule has 1 atom stereocenters. The number of rotatable bonds is 3. The summed E-state index contributed by atoms with van der Waals surface area (Å²) >= 11 is 3.29. The summed E-state index contributed by atoms with van der Waals surface area (Å²) in [6.07, 6.45) is 3.50. The number of halogens is 1. The predicted octanol–water partition coefficient (Wildman–Crippen LogP) is 2.03. The first kappa shape index (κ1) is 13.4. The molecule has 18 heavy (non-hydrogen) atoms. The molecule has 1 amide bonds. The number of phenols is 1. The Morgan fingerprint density at radius 1 is 1.50 bits per heavy atom. The van der Waals surface area contributed by atoms with Crippen LogP contribution in [0.15, 0.2) is 22.7 Å². The van der Waals surface area contributed by atoms with Crippen LogP contribution in [0.3, 0.4) is 0 Å². The lowest BCUT2D eigenvalue weighted by Crippen LogP contribution is -2.43. The fraction of sp³-hybridized carbons (Fsp3) is 0.462. The van der Waals surface area contributed by atoms with Gasteiger partial charge in [0.1, 0.15) is 5.75 Å². The van der Waals surface area contributed by atoms with Crippen LogP contribution in [0.2, 0.25) is 0 Å². The SMILES string of the molecule is O=C(NCC1CCCCN1)c1cc(Br)ccc1O. The van der Waals surface area contributed by atoms with Crippen molar-refractivity contribution in [3.8, 4) is 5.75 Å².